The molecule has 0 aliphatic heterocycles. The number of nitrogens with zero attached hydrogens (tertiary/aromatic N) is 1. The molecule has 0 N–H and O–H groups in total. The third-order valence-corrected chi connectivity index (χ3v) is 3.59. The fraction of sp³-hybridized carbons (Fsp3) is 0.438. The van der Waals surface area contributed by atoms with Gasteiger partial charge in [0.2, 0.25) is 0 Å². The zero-order chi connectivity index (χ0) is 15.8. The summed E-state index contributed by atoms with van der Waals surface area (Å²) in [5, 5.41) is 1.08. The van der Waals surface area contributed by atoms with Gasteiger partial charge < -0.3 is 18.8 Å². The van der Waals surface area contributed by atoms with Crippen molar-refractivity contribution in [1.29, 1.82) is 0 Å². The summed E-state index contributed by atoms with van der Waals surface area (Å²) in [5.41, 5.74) is 1.01. The number of carbonyl (C=O) groups excluding carboxylic acids is 1. The van der Waals surface area contributed by atoms with Gasteiger partial charge in [0.05, 0.1) is 19.8 Å². The van der Waals surface area contributed by atoms with Gasteiger partial charge in [0, 0.05) is 28.2 Å². The van der Waals surface area contributed by atoms with Crippen LogP contribution < -0.4 is 0 Å². The summed E-state index contributed by atoms with van der Waals surface area (Å²) in [6.07, 6.45) is 1.89. The third kappa shape index (κ3) is 5.12. The Kier molecular flexibility index (Phi) is 6.89. The van der Waals surface area contributed by atoms with Crippen LogP contribution in [-0.2, 0) is 25.5 Å². The van der Waals surface area contributed by atoms with Crippen molar-refractivity contribution in [1.82, 2.24) is 4.57 Å². The summed E-state index contributed by atoms with van der Waals surface area (Å²) in [6, 6.07) is 7.92. The number of esters is 1. The Morgan fingerprint density at radius 2 is 1.91 bits per heavy atom. The van der Waals surface area contributed by atoms with Gasteiger partial charge in [-0.25, -0.2) is 0 Å². The van der Waals surface area contributed by atoms with Gasteiger partial charge in [0.15, 0.2) is 0 Å². The summed E-state index contributed by atoms with van der Waals surface area (Å²) < 4.78 is 18.5. The number of benzene rings is 1. The number of hydrogen-bond donors (Lipinski definition) is 0. The second kappa shape index (κ2) is 8.92. The van der Waals surface area contributed by atoms with E-state index < -0.39 is 0 Å². The van der Waals surface area contributed by atoms with E-state index in [9.17, 15) is 4.79 Å². The molecular formula is C16H20BrNO4. The topological polar surface area (TPSA) is 49.7 Å². The van der Waals surface area contributed by atoms with Crippen LogP contribution in [0.4, 0.5) is 0 Å². The lowest BCUT2D eigenvalue weighted by molar-refractivity contribution is -0.145. The fourth-order valence-electron chi connectivity index (χ4n) is 2.07. The van der Waals surface area contributed by atoms with Crippen LogP contribution in [0, 0.1) is 0 Å². The Morgan fingerprint density at radius 3 is 2.73 bits per heavy atom. The standard InChI is InChI=1S/C16H20BrNO4/c1-2-20-7-8-21-9-10-22-16(19)12-18-6-5-13-11-14(17)3-4-15(13)18/h3-6,11H,2,7-10,12H2,1H3. The van der Waals surface area contributed by atoms with Crippen LogP contribution in [0.15, 0.2) is 34.9 Å². The number of halogens is 1. The van der Waals surface area contributed by atoms with Gasteiger partial charge in [-0.15, -0.1) is 0 Å². The highest BCUT2D eigenvalue weighted by Gasteiger charge is 2.07. The molecule has 5 nitrogen and oxygen atoms in total. The predicted octanol–water partition coefficient (Wildman–Crippen LogP) is 3.00. The molecule has 0 fully saturated rings. The highest BCUT2D eigenvalue weighted by Crippen LogP contribution is 2.20. The third-order valence-electron chi connectivity index (χ3n) is 3.10. The maximum absolute atomic E-state index is 11.8. The molecule has 0 aliphatic carbocycles. The first-order valence-corrected chi connectivity index (χ1v) is 8.05. The van der Waals surface area contributed by atoms with Gasteiger partial charge in [-0.3, -0.25) is 4.79 Å². The molecule has 1 aromatic carbocycles. The first-order chi connectivity index (χ1) is 10.7. The maximum atomic E-state index is 11.8. The van der Waals surface area contributed by atoms with E-state index in [2.05, 4.69) is 15.9 Å². The Balaban J connectivity index is 1.72. The number of rotatable bonds is 9. The van der Waals surface area contributed by atoms with Crippen molar-refractivity contribution < 1.29 is 19.0 Å². The lowest BCUT2D eigenvalue weighted by atomic mass is 10.2. The summed E-state index contributed by atoms with van der Waals surface area (Å²) in [6.45, 7) is 4.54. The van der Waals surface area contributed by atoms with Crippen LogP contribution in [-0.4, -0.2) is 43.6 Å². The SMILES string of the molecule is CCOCCOCCOC(=O)Cn1ccc2cc(Br)ccc21. The molecule has 2 aromatic rings. The van der Waals surface area contributed by atoms with E-state index in [0.29, 0.717) is 26.4 Å². The van der Waals surface area contributed by atoms with E-state index in [1.807, 2.05) is 42.0 Å². The molecule has 120 valence electrons. The molecule has 1 aromatic heterocycles. The van der Waals surface area contributed by atoms with Crippen LogP contribution in [0.3, 0.4) is 0 Å². The maximum Gasteiger partial charge on any atom is 0.326 e. The Labute approximate surface area is 138 Å². The number of aromatic nitrogens is 1. The van der Waals surface area contributed by atoms with Crippen molar-refractivity contribution in [3.63, 3.8) is 0 Å². The summed E-state index contributed by atoms with van der Waals surface area (Å²) in [5.74, 6) is -0.270. The number of carbonyl (C=O) groups is 1. The van der Waals surface area contributed by atoms with E-state index in [1.165, 1.54) is 0 Å². The zero-order valence-corrected chi connectivity index (χ0v) is 14.2. The molecule has 0 bridgehead atoms. The molecule has 0 amide bonds. The van der Waals surface area contributed by atoms with Crippen LogP contribution in [0.2, 0.25) is 0 Å². The van der Waals surface area contributed by atoms with Crippen LogP contribution in [0.5, 0.6) is 0 Å². The zero-order valence-electron chi connectivity index (χ0n) is 12.6. The molecule has 0 radical (unpaired) electrons. The number of ether oxygens (including phenoxy) is 3. The molecule has 6 heteroatoms. The molecule has 2 rings (SSSR count). The lowest BCUT2D eigenvalue weighted by Gasteiger charge is -2.08. The minimum Gasteiger partial charge on any atom is -0.462 e. The summed E-state index contributed by atoms with van der Waals surface area (Å²) >= 11 is 3.43. The minimum absolute atomic E-state index is 0.198. The van der Waals surface area contributed by atoms with E-state index in [1.54, 1.807) is 0 Å². The molecule has 0 saturated heterocycles. The van der Waals surface area contributed by atoms with Gasteiger partial charge in [0.25, 0.3) is 0 Å². The van der Waals surface area contributed by atoms with Crippen molar-refractivity contribution >= 4 is 32.8 Å². The van der Waals surface area contributed by atoms with Crippen LogP contribution >= 0.6 is 15.9 Å². The normalized spacial score (nSPS) is 11.0. The highest BCUT2D eigenvalue weighted by atomic mass is 79.9. The van der Waals surface area contributed by atoms with E-state index in [-0.39, 0.29) is 19.1 Å². The van der Waals surface area contributed by atoms with E-state index in [0.717, 1.165) is 15.4 Å². The van der Waals surface area contributed by atoms with Crippen molar-refractivity contribution in [2.45, 2.75) is 13.5 Å². The van der Waals surface area contributed by atoms with Gasteiger partial charge in [-0.05, 0) is 31.2 Å². The molecule has 0 atom stereocenters. The first-order valence-electron chi connectivity index (χ1n) is 7.26. The van der Waals surface area contributed by atoms with Gasteiger partial charge in [-0.2, -0.15) is 0 Å². The van der Waals surface area contributed by atoms with Crippen molar-refractivity contribution in [2.75, 3.05) is 33.0 Å². The number of hydrogen-bond acceptors (Lipinski definition) is 4. The second-order valence-electron chi connectivity index (χ2n) is 4.68. The fourth-order valence-corrected chi connectivity index (χ4v) is 2.45. The summed E-state index contributed by atoms with van der Waals surface area (Å²) in [7, 11) is 0. The highest BCUT2D eigenvalue weighted by molar-refractivity contribution is 9.10. The smallest absolute Gasteiger partial charge is 0.326 e. The lowest BCUT2D eigenvalue weighted by Crippen LogP contribution is -2.16. The average molecular weight is 370 g/mol. The monoisotopic (exact) mass is 369 g/mol. The van der Waals surface area contributed by atoms with Crippen LogP contribution in [0.25, 0.3) is 10.9 Å². The van der Waals surface area contributed by atoms with Crippen molar-refractivity contribution in [2.24, 2.45) is 0 Å². The van der Waals surface area contributed by atoms with E-state index >= 15 is 0 Å². The molecule has 0 spiro atoms. The Morgan fingerprint density at radius 1 is 1.14 bits per heavy atom. The van der Waals surface area contributed by atoms with Crippen molar-refractivity contribution in [3.8, 4) is 0 Å². The van der Waals surface area contributed by atoms with Gasteiger partial charge >= 0.3 is 5.97 Å². The minimum atomic E-state index is -0.270. The van der Waals surface area contributed by atoms with Crippen LogP contribution in [0.1, 0.15) is 6.92 Å². The first kappa shape index (κ1) is 17.0. The van der Waals surface area contributed by atoms with Gasteiger partial charge in [-0.1, -0.05) is 15.9 Å². The predicted molar refractivity (Wildman–Crippen MR) is 87.9 cm³/mol. The van der Waals surface area contributed by atoms with E-state index in [4.69, 9.17) is 14.2 Å². The molecule has 0 aliphatic rings. The molecule has 0 saturated carbocycles. The molecular weight excluding hydrogens is 350 g/mol. The van der Waals surface area contributed by atoms with Crippen molar-refractivity contribution in [3.05, 3.63) is 34.9 Å². The Bertz CT molecular complexity index is 611. The second-order valence-corrected chi connectivity index (χ2v) is 5.59. The Hall–Kier alpha value is -1.37. The summed E-state index contributed by atoms with van der Waals surface area (Å²) in [4.78, 5) is 11.8. The molecule has 22 heavy (non-hydrogen) atoms. The quantitative estimate of drug-likeness (QED) is 0.503. The molecule has 1 heterocycles. The number of fused-ring (bicyclic) bond motifs is 1. The average Bonchev–Trinajstić information content (AvgIpc) is 2.88. The molecule has 0 unspecified atom stereocenters. The largest absolute Gasteiger partial charge is 0.462 e. The van der Waals surface area contributed by atoms with Gasteiger partial charge in [0.1, 0.15) is 13.2 Å².